The minimum atomic E-state index is -0.194. The van der Waals surface area contributed by atoms with Crippen molar-refractivity contribution in [3.05, 3.63) is 24.0 Å². The van der Waals surface area contributed by atoms with Crippen LogP contribution in [0.15, 0.2) is 18.3 Å². The zero-order valence-corrected chi connectivity index (χ0v) is 17.2. The van der Waals surface area contributed by atoms with E-state index in [4.69, 9.17) is 0 Å². The number of hydrogen-bond acceptors (Lipinski definition) is 5. The van der Waals surface area contributed by atoms with Crippen LogP contribution in [-0.4, -0.2) is 39.4 Å². The maximum Gasteiger partial charge on any atom is 0.233 e. The van der Waals surface area contributed by atoms with Crippen LogP contribution in [0.2, 0.25) is 0 Å². The molecule has 3 aliphatic carbocycles. The molecular formula is C23H27N3O4. The Morgan fingerprint density at radius 3 is 2.23 bits per heavy atom. The van der Waals surface area contributed by atoms with Gasteiger partial charge in [-0.25, -0.2) is 0 Å². The lowest BCUT2D eigenvalue weighted by atomic mass is 9.81. The van der Waals surface area contributed by atoms with E-state index in [-0.39, 0.29) is 53.0 Å². The van der Waals surface area contributed by atoms with Crippen molar-refractivity contribution in [2.24, 2.45) is 29.6 Å². The van der Waals surface area contributed by atoms with E-state index in [9.17, 15) is 19.2 Å². The van der Waals surface area contributed by atoms with E-state index in [1.807, 2.05) is 0 Å². The molecular weight excluding hydrogens is 382 g/mol. The number of imide groups is 1. The summed E-state index contributed by atoms with van der Waals surface area (Å²) in [6, 6.07) is 3.29. The van der Waals surface area contributed by atoms with E-state index in [0.29, 0.717) is 43.2 Å². The summed E-state index contributed by atoms with van der Waals surface area (Å²) in [5, 5.41) is 2.85. The molecule has 30 heavy (non-hydrogen) atoms. The molecule has 1 aromatic heterocycles. The fourth-order valence-corrected chi connectivity index (χ4v) is 6.41. The number of Topliss-reactive ketones (excluding diaryl/α,β-unsaturated/α-hetero) is 1. The van der Waals surface area contributed by atoms with Crippen molar-refractivity contribution in [2.45, 2.75) is 57.9 Å². The Morgan fingerprint density at radius 1 is 1.00 bits per heavy atom. The molecule has 0 spiro atoms. The van der Waals surface area contributed by atoms with E-state index < -0.39 is 0 Å². The van der Waals surface area contributed by atoms with Gasteiger partial charge in [-0.2, -0.15) is 0 Å². The highest BCUT2D eigenvalue weighted by Crippen LogP contribution is 2.56. The van der Waals surface area contributed by atoms with Crippen molar-refractivity contribution in [2.75, 3.05) is 5.32 Å². The number of amides is 3. The summed E-state index contributed by atoms with van der Waals surface area (Å²) in [5.74, 6) is 0.235. The molecule has 1 saturated heterocycles. The van der Waals surface area contributed by atoms with E-state index in [2.05, 4.69) is 10.3 Å². The van der Waals surface area contributed by atoms with Gasteiger partial charge in [0.1, 0.15) is 5.69 Å². The first-order valence-corrected chi connectivity index (χ1v) is 11.1. The van der Waals surface area contributed by atoms with Gasteiger partial charge in [0.15, 0.2) is 5.78 Å². The fraction of sp³-hybridized carbons (Fsp3) is 0.609. The second kappa shape index (κ2) is 7.29. The van der Waals surface area contributed by atoms with Gasteiger partial charge in [-0.1, -0.05) is 0 Å². The second-order valence-electron chi connectivity index (χ2n) is 9.38. The van der Waals surface area contributed by atoms with E-state index in [0.717, 1.165) is 19.3 Å². The van der Waals surface area contributed by atoms with Crippen LogP contribution in [0.5, 0.6) is 0 Å². The van der Waals surface area contributed by atoms with Gasteiger partial charge in [0.25, 0.3) is 0 Å². The number of carbonyl (C=O) groups is 4. The van der Waals surface area contributed by atoms with Gasteiger partial charge >= 0.3 is 0 Å². The number of anilines is 1. The maximum absolute atomic E-state index is 13.0. The van der Waals surface area contributed by atoms with Gasteiger partial charge in [0.2, 0.25) is 17.7 Å². The number of nitrogens with zero attached hydrogens (tertiary/aromatic N) is 2. The summed E-state index contributed by atoms with van der Waals surface area (Å²) in [6.07, 6.45) is 7.34. The Labute approximate surface area is 175 Å². The van der Waals surface area contributed by atoms with Crippen LogP contribution in [0, 0.1) is 29.6 Å². The van der Waals surface area contributed by atoms with Crippen LogP contribution in [0.25, 0.3) is 0 Å². The number of nitrogens with one attached hydrogen (secondary N) is 1. The largest absolute Gasteiger partial charge is 0.324 e. The van der Waals surface area contributed by atoms with E-state index in [1.54, 1.807) is 17.0 Å². The Morgan fingerprint density at radius 2 is 1.63 bits per heavy atom. The van der Waals surface area contributed by atoms with Gasteiger partial charge in [-0.05, 0) is 68.9 Å². The summed E-state index contributed by atoms with van der Waals surface area (Å²) in [4.78, 5) is 56.2. The lowest BCUT2D eigenvalue weighted by Gasteiger charge is -2.33. The molecule has 0 radical (unpaired) electrons. The van der Waals surface area contributed by atoms with Gasteiger partial charge in [0, 0.05) is 25.1 Å². The zero-order chi connectivity index (χ0) is 21.0. The highest BCUT2D eigenvalue weighted by Gasteiger charge is 2.61. The van der Waals surface area contributed by atoms with Crippen LogP contribution < -0.4 is 5.32 Å². The van der Waals surface area contributed by atoms with Crippen molar-refractivity contribution in [1.82, 2.24) is 9.88 Å². The molecule has 4 atom stereocenters. The molecule has 158 valence electrons. The second-order valence-corrected chi connectivity index (χ2v) is 9.38. The first-order chi connectivity index (χ1) is 14.5. The topological polar surface area (TPSA) is 96.4 Å². The molecule has 0 unspecified atom stereocenters. The Hall–Kier alpha value is -2.57. The predicted octanol–water partition coefficient (Wildman–Crippen LogP) is 2.81. The molecule has 3 saturated carbocycles. The fourth-order valence-electron chi connectivity index (χ4n) is 6.41. The molecule has 2 bridgehead atoms. The average Bonchev–Trinajstić information content (AvgIpc) is 3.42. The number of aromatic nitrogens is 1. The van der Waals surface area contributed by atoms with Crippen molar-refractivity contribution < 1.29 is 19.2 Å². The monoisotopic (exact) mass is 409 g/mol. The van der Waals surface area contributed by atoms with Crippen LogP contribution in [0.1, 0.15) is 62.4 Å². The van der Waals surface area contributed by atoms with Crippen molar-refractivity contribution in [3.63, 3.8) is 0 Å². The molecule has 1 N–H and O–H groups in total. The number of rotatable bonds is 4. The number of pyridine rings is 1. The smallest absolute Gasteiger partial charge is 0.233 e. The minimum Gasteiger partial charge on any atom is -0.324 e. The third-order valence-electron chi connectivity index (χ3n) is 7.79. The molecule has 0 aromatic carbocycles. The summed E-state index contributed by atoms with van der Waals surface area (Å²) < 4.78 is 0. The molecule has 3 amide bonds. The zero-order valence-electron chi connectivity index (χ0n) is 17.2. The SMILES string of the molecule is CC(=O)c1ncccc1NC(=O)C1CCC(N2C(=O)[C@@H]3[C@@H]4CC[C@@H](C4)[C@@H]3C2=O)CC1. The number of hydrogen-bond donors (Lipinski definition) is 1. The van der Waals surface area contributed by atoms with Crippen molar-refractivity contribution in [3.8, 4) is 0 Å². The molecule has 7 heteroatoms. The molecule has 7 nitrogen and oxygen atoms in total. The average molecular weight is 409 g/mol. The Bertz CT molecular complexity index is 893. The molecule has 1 aromatic rings. The number of ketones is 1. The third kappa shape index (κ3) is 2.97. The van der Waals surface area contributed by atoms with Crippen molar-refractivity contribution >= 4 is 29.2 Å². The molecule has 4 fully saturated rings. The molecule has 2 heterocycles. The number of carbonyl (C=O) groups excluding carboxylic acids is 4. The van der Waals surface area contributed by atoms with Crippen LogP contribution in [0.3, 0.4) is 0 Å². The maximum atomic E-state index is 13.0. The Kier molecular flexibility index (Phi) is 4.71. The van der Waals surface area contributed by atoms with Gasteiger partial charge in [0.05, 0.1) is 17.5 Å². The lowest BCUT2D eigenvalue weighted by molar-refractivity contribution is -0.144. The van der Waals surface area contributed by atoms with E-state index in [1.165, 1.54) is 13.1 Å². The normalized spacial score (nSPS) is 34.9. The predicted molar refractivity (Wildman–Crippen MR) is 108 cm³/mol. The summed E-state index contributed by atoms with van der Waals surface area (Å²) >= 11 is 0. The first kappa shape index (κ1) is 19.4. The molecule has 4 aliphatic rings. The number of likely N-dealkylation sites (tertiary alicyclic amines) is 1. The molecule has 1 aliphatic heterocycles. The standard InChI is InChI=1S/C23H27N3O4/c1-12(27)20-17(3-2-10-24-20)25-21(28)13-6-8-16(9-7-13)26-22(29)18-14-4-5-15(11-14)19(18)23(26)30/h2-3,10,13-16,18-19H,4-9,11H2,1H3,(H,25,28)/t13?,14-,15+,16?,18-,19+. The van der Waals surface area contributed by atoms with E-state index >= 15 is 0 Å². The third-order valence-corrected chi connectivity index (χ3v) is 7.79. The quantitative estimate of drug-likeness (QED) is 0.609. The van der Waals surface area contributed by atoms with Gasteiger partial charge < -0.3 is 5.32 Å². The van der Waals surface area contributed by atoms with Gasteiger partial charge in [-0.3, -0.25) is 29.1 Å². The first-order valence-electron chi connectivity index (χ1n) is 11.1. The minimum absolute atomic E-state index is 0.0477. The summed E-state index contributed by atoms with van der Waals surface area (Å²) in [7, 11) is 0. The van der Waals surface area contributed by atoms with Gasteiger partial charge in [-0.15, -0.1) is 0 Å². The highest BCUT2D eigenvalue weighted by atomic mass is 16.2. The lowest BCUT2D eigenvalue weighted by Crippen LogP contribution is -2.44. The van der Waals surface area contributed by atoms with Crippen LogP contribution >= 0.6 is 0 Å². The highest BCUT2D eigenvalue weighted by molar-refractivity contribution is 6.06. The number of fused-ring (bicyclic) bond motifs is 5. The summed E-state index contributed by atoms with van der Waals surface area (Å²) in [6.45, 7) is 1.43. The Balaban J connectivity index is 1.22. The molecule has 5 rings (SSSR count). The van der Waals surface area contributed by atoms with Crippen LogP contribution in [-0.2, 0) is 14.4 Å². The summed E-state index contributed by atoms with van der Waals surface area (Å²) in [5.41, 5.74) is 0.694. The van der Waals surface area contributed by atoms with Crippen LogP contribution in [0.4, 0.5) is 5.69 Å². The van der Waals surface area contributed by atoms with Crippen molar-refractivity contribution in [1.29, 1.82) is 0 Å².